The summed E-state index contributed by atoms with van der Waals surface area (Å²) in [5.41, 5.74) is 3.50. The molecule has 3 aliphatic heterocycles. The molecule has 0 unspecified atom stereocenters. The lowest BCUT2D eigenvalue weighted by Crippen LogP contribution is -2.57. The van der Waals surface area contributed by atoms with Crippen molar-refractivity contribution in [3.05, 3.63) is 59.0 Å². The van der Waals surface area contributed by atoms with E-state index in [0.717, 1.165) is 39.1 Å². The van der Waals surface area contributed by atoms with Crippen LogP contribution < -0.4 is 5.32 Å². The first-order chi connectivity index (χ1) is 15.6. The van der Waals surface area contributed by atoms with Gasteiger partial charge in [-0.15, -0.1) is 11.3 Å². The molecule has 0 spiro atoms. The SMILES string of the molecule is CCC(=O)CCc1ccccc1-c1cccc2cc(C(=O)N[C@H]3CN4CCC3CC4)sc12. The molecular weight excluding hydrogens is 416 g/mol. The molecule has 3 aliphatic rings. The number of nitrogens with zero attached hydrogens (tertiary/aromatic N) is 1. The number of aryl methyl sites for hydroxylation is 1. The molecule has 32 heavy (non-hydrogen) atoms. The predicted octanol–water partition coefficient (Wildman–Crippen LogP) is 5.30. The minimum absolute atomic E-state index is 0.0535. The second-order valence-corrected chi connectivity index (χ2v) is 10.2. The Balaban J connectivity index is 1.42. The predicted molar refractivity (Wildman–Crippen MR) is 131 cm³/mol. The fourth-order valence-electron chi connectivity index (χ4n) is 5.21. The number of hydrogen-bond acceptors (Lipinski definition) is 4. The van der Waals surface area contributed by atoms with Gasteiger partial charge in [-0.05, 0) is 66.4 Å². The van der Waals surface area contributed by atoms with E-state index in [0.29, 0.717) is 24.5 Å². The van der Waals surface area contributed by atoms with Crippen LogP contribution in [0.3, 0.4) is 0 Å². The Labute approximate surface area is 193 Å². The van der Waals surface area contributed by atoms with Gasteiger partial charge in [0.25, 0.3) is 5.91 Å². The first-order valence-corrected chi connectivity index (χ1v) is 12.6. The van der Waals surface area contributed by atoms with Crippen molar-refractivity contribution >= 4 is 33.1 Å². The minimum atomic E-state index is 0.0535. The zero-order valence-corrected chi connectivity index (χ0v) is 19.4. The Morgan fingerprint density at radius 1 is 1.06 bits per heavy atom. The maximum atomic E-state index is 13.1. The number of carbonyl (C=O) groups is 2. The van der Waals surface area contributed by atoms with E-state index < -0.39 is 0 Å². The van der Waals surface area contributed by atoms with Gasteiger partial charge in [0, 0.05) is 30.1 Å². The third kappa shape index (κ3) is 4.24. The van der Waals surface area contributed by atoms with Gasteiger partial charge in [0.2, 0.25) is 0 Å². The normalized spacial score (nSPS) is 22.2. The highest BCUT2D eigenvalue weighted by atomic mass is 32.1. The van der Waals surface area contributed by atoms with Crippen LogP contribution in [0.1, 0.15) is 47.8 Å². The van der Waals surface area contributed by atoms with E-state index >= 15 is 0 Å². The number of Topliss-reactive ketones (excluding diaryl/α,β-unsaturated/α-hetero) is 1. The first-order valence-electron chi connectivity index (χ1n) is 11.8. The van der Waals surface area contributed by atoms with Crippen LogP contribution in [0.25, 0.3) is 21.2 Å². The lowest BCUT2D eigenvalue weighted by Gasteiger charge is -2.44. The van der Waals surface area contributed by atoms with E-state index in [1.165, 1.54) is 31.5 Å². The van der Waals surface area contributed by atoms with E-state index in [-0.39, 0.29) is 11.9 Å². The largest absolute Gasteiger partial charge is 0.347 e. The molecule has 166 valence electrons. The fraction of sp³-hybridized carbons (Fsp3) is 0.407. The number of thiophene rings is 1. The van der Waals surface area contributed by atoms with Crippen LogP contribution in [0, 0.1) is 5.92 Å². The number of piperidine rings is 3. The van der Waals surface area contributed by atoms with Gasteiger partial charge in [0.15, 0.2) is 0 Å². The Bertz CT molecular complexity index is 1140. The molecule has 5 heteroatoms. The summed E-state index contributed by atoms with van der Waals surface area (Å²) in [6.45, 7) is 5.25. The number of carbonyl (C=O) groups excluding carboxylic acids is 2. The molecule has 0 saturated carbocycles. The summed E-state index contributed by atoms with van der Waals surface area (Å²) < 4.78 is 1.14. The van der Waals surface area contributed by atoms with Crippen LogP contribution in [0.4, 0.5) is 0 Å². The highest BCUT2D eigenvalue weighted by Gasteiger charge is 2.35. The molecule has 0 aliphatic carbocycles. The van der Waals surface area contributed by atoms with Crippen molar-refractivity contribution in [2.45, 2.75) is 45.1 Å². The number of benzene rings is 2. The van der Waals surface area contributed by atoms with Crippen molar-refractivity contribution in [3.8, 4) is 11.1 Å². The summed E-state index contributed by atoms with van der Waals surface area (Å²) in [5, 5.41) is 4.43. The van der Waals surface area contributed by atoms with Crippen molar-refractivity contribution in [1.82, 2.24) is 10.2 Å². The lowest BCUT2D eigenvalue weighted by molar-refractivity contribution is -0.118. The molecular formula is C27H30N2O2S. The number of hydrogen-bond donors (Lipinski definition) is 1. The smallest absolute Gasteiger partial charge is 0.261 e. The molecule has 3 aromatic rings. The maximum absolute atomic E-state index is 13.1. The van der Waals surface area contributed by atoms with Crippen molar-refractivity contribution in [2.75, 3.05) is 19.6 Å². The average molecular weight is 447 g/mol. The third-order valence-corrected chi connectivity index (χ3v) is 8.30. The van der Waals surface area contributed by atoms with Crippen molar-refractivity contribution in [3.63, 3.8) is 0 Å². The van der Waals surface area contributed by atoms with Gasteiger partial charge in [0.1, 0.15) is 5.78 Å². The Kier molecular flexibility index (Phi) is 6.11. The zero-order valence-electron chi connectivity index (χ0n) is 18.6. The quantitative estimate of drug-likeness (QED) is 0.535. The van der Waals surface area contributed by atoms with Gasteiger partial charge in [-0.2, -0.15) is 0 Å². The number of ketones is 1. The van der Waals surface area contributed by atoms with Crippen LogP contribution in [-0.4, -0.2) is 42.3 Å². The molecule has 4 heterocycles. The highest BCUT2D eigenvalue weighted by Crippen LogP contribution is 2.37. The summed E-state index contributed by atoms with van der Waals surface area (Å²) in [4.78, 5) is 28.3. The molecule has 1 aromatic heterocycles. The van der Waals surface area contributed by atoms with Gasteiger partial charge < -0.3 is 10.2 Å². The summed E-state index contributed by atoms with van der Waals surface area (Å²) in [7, 11) is 0. The van der Waals surface area contributed by atoms with Gasteiger partial charge in [-0.1, -0.05) is 49.4 Å². The average Bonchev–Trinajstić information content (AvgIpc) is 3.28. The first kappa shape index (κ1) is 21.4. The summed E-state index contributed by atoms with van der Waals surface area (Å²) in [6, 6.07) is 16.9. The van der Waals surface area contributed by atoms with Gasteiger partial charge in [-0.25, -0.2) is 0 Å². The summed E-state index contributed by atoms with van der Waals surface area (Å²) in [6.07, 6.45) is 4.29. The van der Waals surface area contributed by atoms with Crippen LogP contribution in [0.2, 0.25) is 0 Å². The van der Waals surface area contributed by atoms with Crippen LogP contribution in [-0.2, 0) is 11.2 Å². The molecule has 1 amide bonds. The monoisotopic (exact) mass is 446 g/mol. The van der Waals surface area contributed by atoms with E-state index in [9.17, 15) is 9.59 Å². The molecule has 2 aromatic carbocycles. The standard InChI is InChI=1S/C27H30N2O2S/c1-2-21(30)11-10-18-6-3-4-8-22(18)23-9-5-7-20-16-25(32-26(20)23)27(31)28-24-17-29-14-12-19(24)13-15-29/h3-9,16,19,24H,2,10-15,17H2,1H3,(H,28,31)/t24-/m0/s1. The van der Waals surface area contributed by atoms with Gasteiger partial charge in [-0.3, -0.25) is 9.59 Å². The molecule has 3 saturated heterocycles. The number of fused-ring (bicyclic) bond motifs is 4. The second kappa shape index (κ2) is 9.16. The van der Waals surface area contributed by atoms with Crippen molar-refractivity contribution in [2.24, 2.45) is 5.92 Å². The summed E-state index contributed by atoms with van der Waals surface area (Å²) in [5.74, 6) is 0.963. The minimum Gasteiger partial charge on any atom is -0.347 e. The molecule has 4 nitrogen and oxygen atoms in total. The number of nitrogens with one attached hydrogen (secondary N) is 1. The van der Waals surface area contributed by atoms with Gasteiger partial charge >= 0.3 is 0 Å². The van der Waals surface area contributed by atoms with Crippen molar-refractivity contribution < 1.29 is 9.59 Å². The Hall–Kier alpha value is -2.50. The van der Waals surface area contributed by atoms with Crippen molar-refractivity contribution in [1.29, 1.82) is 0 Å². The molecule has 6 rings (SSSR count). The lowest BCUT2D eigenvalue weighted by atomic mass is 9.84. The highest BCUT2D eigenvalue weighted by molar-refractivity contribution is 7.21. The van der Waals surface area contributed by atoms with E-state index in [1.807, 2.05) is 25.1 Å². The summed E-state index contributed by atoms with van der Waals surface area (Å²) >= 11 is 1.58. The van der Waals surface area contributed by atoms with Gasteiger partial charge in [0.05, 0.1) is 4.88 Å². The molecule has 1 atom stereocenters. The maximum Gasteiger partial charge on any atom is 0.261 e. The molecule has 0 radical (unpaired) electrons. The van der Waals surface area contributed by atoms with E-state index in [4.69, 9.17) is 0 Å². The van der Waals surface area contributed by atoms with Crippen LogP contribution >= 0.6 is 11.3 Å². The van der Waals surface area contributed by atoms with E-state index in [2.05, 4.69) is 40.5 Å². The molecule has 2 bridgehead atoms. The topological polar surface area (TPSA) is 49.4 Å². The molecule has 1 N–H and O–H groups in total. The Morgan fingerprint density at radius 3 is 2.59 bits per heavy atom. The zero-order chi connectivity index (χ0) is 22.1. The fourth-order valence-corrected chi connectivity index (χ4v) is 6.30. The molecule has 3 fully saturated rings. The third-order valence-electron chi connectivity index (χ3n) is 7.12. The van der Waals surface area contributed by atoms with Crippen LogP contribution in [0.15, 0.2) is 48.5 Å². The Morgan fingerprint density at radius 2 is 1.84 bits per heavy atom. The number of rotatable bonds is 7. The van der Waals surface area contributed by atoms with Crippen LogP contribution in [0.5, 0.6) is 0 Å². The van der Waals surface area contributed by atoms with E-state index in [1.54, 1.807) is 11.3 Å². The number of amides is 1. The second-order valence-electron chi connectivity index (χ2n) is 9.10.